The third kappa shape index (κ3) is 2.09. The minimum atomic E-state index is -0.369. The van der Waals surface area contributed by atoms with Crippen LogP contribution in [0, 0.1) is 17.1 Å². The summed E-state index contributed by atoms with van der Waals surface area (Å²) < 4.78 is 13.0. The molecule has 19 heavy (non-hydrogen) atoms. The summed E-state index contributed by atoms with van der Waals surface area (Å²) in [5.41, 5.74) is 1.98. The highest BCUT2D eigenvalue weighted by atomic mass is 35.5. The average molecular weight is 273 g/mol. The van der Waals surface area contributed by atoms with E-state index >= 15 is 0 Å². The van der Waals surface area contributed by atoms with Gasteiger partial charge in [0.2, 0.25) is 0 Å². The number of pyridine rings is 1. The van der Waals surface area contributed by atoms with E-state index < -0.39 is 0 Å². The molecule has 1 fully saturated rings. The first-order valence-corrected chi connectivity index (χ1v) is 6.36. The predicted molar refractivity (Wildman–Crippen MR) is 71.2 cm³/mol. The van der Waals surface area contributed by atoms with Gasteiger partial charge in [-0.15, -0.1) is 0 Å². The second-order valence-corrected chi connectivity index (χ2v) is 5.16. The number of nitrogens with zero attached hydrogens (tertiary/aromatic N) is 2. The molecule has 0 aliphatic heterocycles. The summed E-state index contributed by atoms with van der Waals surface area (Å²) in [5.74, 6) is -0.369. The lowest BCUT2D eigenvalue weighted by Crippen LogP contribution is -2.03. The molecule has 94 valence electrons. The quantitative estimate of drug-likeness (QED) is 0.825. The van der Waals surface area contributed by atoms with Gasteiger partial charge in [-0.3, -0.25) is 4.98 Å². The number of benzene rings is 1. The van der Waals surface area contributed by atoms with Crippen molar-refractivity contribution in [3.05, 3.63) is 52.9 Å². The maximum absolute atomic E-state index is 13.0. The highest BCUT2D eigenvalue weighted by Gasteiger charge is 2.45. The van der Waals surface area contributed by atoms with Gasteiger partial charge < -0.3 is 0 Å². The molecule has 0 unspecified atom stereocenters. The Morgan fingerprint density at radius 2 is 2.05 bits per heavy atom. The van der Waals surface area contributed by atoms with E-state index in [0.29, 0.717) is 16.3 Å². The fraction of sp³-hybridized carbons (Fsp3) is 0.200. The average Bonchev–Trinajstić information content (AvgIpc) is 3.20. The Hall–Kier alpha value is -1.92. The van der Waals surface area contributed by atoms with E-state index in [1.54, 1.807) is 12.3 Å². The highest BCUT2D eigenvalue weighted by Crippen LogP contribution is 2.47. The van der Waals surface area contributed by atoms with Crippen LogP contribution in [0.25, 0.3) is 11.3 Å². The molecule has 0 radical (unpaired) electrons. The molecule has 2 aromatic rings. The van der Waals surface area contributed by atoms with Gasteiger partial charge in [0.05, 0.1) is 22.2 Å². The van der Waals surface area contributed by atoms with Crippen LogP contribution in [0.15, 0.2) is 36.5 Å². The van der Waals surface area contributed by atoms with Gasteiger partial charge in [-0.2, -0.15) is 5.26 Å². The molecule has 0 spiro atoms. The predicted octanol–water partition coefficient (Wildman–Crippen LogP) is 4.10. The van der Waals surface area contributed by atoms with Crippen LogP contribution in [0.4, 0.5) is 4.39 Å². The summed E-state index contributed by atoms with van der Waals surface area (Å²) in [4.78, 5) is 4.34. The first-order chi connectivity index (χ1) is 9.14. The summed E-state index contributed by atoms with van der Waals surface area (Å²) in [7, 11) is 0. The standard InChI is InChI=1S/C15H10ClFN2/c16-13-7-11(17)2-3-12(13)14-4-1-10(8-19-14)15(9-18)5-6-15/h1-4,7-8H,5-6H2. The Morgan fingerprint density at radius 3 is 2.58 bits per heavy atom. The Balaban J connectivity index is 1.97. The van der Waals surface area contributed by atoms with E-state index in [-0.39, 0.29) is 11.2 Å². The van der Waals surface area contributed by atoms with Gasteiger partial charge in [-0.25, -0.2) is 4.39 Å². The zero-order valence-corrected chi connectivity index (χ0v) is 10.8. The molecule has 1 saturated carbocycles. The lowest BCUT2D eigenvalue weighted by molar-refractivity contribution is 0.628. The first-order valence-electron chi connectivity index (χ1n) is 5.98. The Labute approximate surface area is 115 Å². The normalized spacial score (nSPS) is 15.8. The Bertz CT molecular complexity index is 670. The van der Waals surface area contributed by atoms with Crippen LogP contribution in [-0.2, 0) is 5.41 Å². The Morgan fingerprint density at radius 1 is 1.26 bits per heavy atom. The van der Waals surface area contributed by atoms with E-state index in [9.17, 15) is 4.39 Å². The fourth-order valence-corrected chi connectivity index (χ4v) is 2.39. The van der Waals surface area contributed by atoms with E-state index in [1.165, 1.54) is 12.1 Å². The molecule has 4 heteroatoms. The number of nitriles is 1. The minimum Gasteiger partial charge on any atom is -0.256 e. The van der Waals surface area contributed by atoms with Crippen molar-refractivity contribution >= 4 is 11.6 Å². The molecule has 1 aliphatic rings. The SMILES string of the molecule is N#CC1(c2ccc(-c3ccc(F)cc3Cl)nc2)CC1. The molecule has 1 aliphatic carbocycles. The lowest BCUT2D eigenvalue weighted by atomic mass is 9.99. The molecular formula is C15H10ClFN2. The highest BCUT2D eigenvalue weighted by molar-refractivity contribution is 6.33. The topological polar surface area (TPSA) is 36.7 Å². The molecule has 1 heterocycles. The van der Waals surface area contributed by atoms with Gasteiger partial charge in [0.15, 0.2) is 0 Å². The largest absolute Gasteiger partial charge is 0.256 e. The third-order valence-corrected chi connectivity index (χ3v) is 3.80. The number of rotatable bonds is 2. The van der Waals surface area contributed by atoms with Gasteiger partial charge in [-0.05, 0) is 42.7 Å². The molecule has 0 N–H and O–H groups in total. The smallest absolute Gasteiger partial charge is 0.124 e. The van der Waals surface area contributed by atoms with E-state index in [2.05, 4.69) is 11.1 Å². The van der Waals surface area contributed by atoms with Gasteiger partial charge in [0.1, 0.15) is 5.82 Å². The summed E-state index contributed by atoms with van der Waals surface area (Å²) in [5, 5.41) is 9.47. The number of hydrogen-bond acceptors (Lipinski definition) is 2. The van der Waals surface area contributed by atoms with Crippen molar-refractivity contribution in [2.75, 3.05) is 0 Å². The summed E-state index contributed by atoms with van der Waals surface area (Å²) in [6, 6.07) is 10.3. The first kappa shape index (κ1) is 12.1. The summed E-state index contributed by atoms with van der Waals surface area (Å²) in [6.07, 6.45) is 3.49. The van der Waals surface area contributed by atoms with Crippen molar-refractivity contribution in [3.8, 4) is 17.3 Å². The molecule has 1 aromatic heterocycles. The number of halogens is 2. The van der Waals surface area contributed by atoms with Gasteiger partial charge in [0, 0.05) is 11.8 Å². The molecule has 0 atom stereocenters. The monoisotopic (exact) mass is 272 g/mol. The van der Waals surface area contributed by atoms with Crippen molar-refractivity contribution in [2.24, 2.45) is 0 Å². The van der Waals surface area contributed by atoms with Crippen molar-refractivity contribution < 1.29 is 4.39 Å². The Kier molecular flexibility index (Phi) is 2.76. The molecule has 0 amide bonds. The van der Waals surface area contributed by atoms with Crippen LogP contribution >= 0.6 is 11.6 Å². The zero-order chi connectivity index (χ0) is 13.5. The lowest BCUT2D eigenvalue weighted by Gasteiger charge is -2.08. The van der Waals surface area contributed by atoms with Crippen molar-refractivity contribution in [1.29, 1.82) is 5.26 Å². The number of hydrogen-bond donors (Lipinski definition) is 0. The van der Waals surface area contributed by atoms with E-state index in [1.807, 2.05) is 12.1 Å². The maximum Gasteiger partial charge on any atom is 0.124 e. The maximum atomic E-state index is 13.0. The number of aromatic nitrogens is 1. The van der Waals surface area contributed by atoms with Crippen LogP contribution in [0.5, 0.6) is 0 Å². The summed E-state index contributed by atoms with van der Waals surface area (Å²) >= 11 is 6.00. The van der Waals surface area contributed by atoms with E-state index in [0.717, 1.165) is 18.4 Å². The summed E-state index contributed by atoms with van der Waals surface area (Å²) in [6.45, 7) is 0. The van der Waals surface area contributed by atoms with Gasteiger partial charge in [-0.1, -0.05) is 17.7 Å². The molecule has 1 aromatic carbocycles. The molecule has 3 rings (SSSR count). The van der Waals surface area contributed by atoms with Crippen LogP contribution < -0.4 is 0 Å². The second-order valence-electron chi connectivity index (χ2n) is 4.75. The van der Waals surface area contributed by atoms with Gasteiger partial charge >= 0.3 is 0 Å². The van der Waals surface area contributed by atoms with Crippen molar-refractivity contribution in [3.63, 3.8) is 0 Å². The third-order valence-electron chi connectivity index (χ3n) is 3.49. The fourth-order valence-electron chi connectivity index (χ4n) is 2.12. The van der Waals surface area contributed by atoms with Crippen molar-refractivity contribution in [1.82, 2.24) is 4.98 Å². The van der Waals surface area contributed by atoms with Crippen LogP contribution in [0.1, 0.15) is 18.4 Å². The molecule has 2 nitrogen and oxygen atoms in total. The zero-order valence-electron chi connectivity index (χ0n) is 10.0. The molecule has 0 bridgehead atoms. The van der Waals surface area contributed by atoms with Crippen LogP contribution in [-0.4, -0.2) is 4.98 Å². The van der Waals surface area contributed by atoms with Gasteiger partial charge in [0.25, 0.3) is 0 Å². The second kappa shape index (κ2) is 4.32. The van der Waals surface area contributed by atoms with E-state index in [4.69, 9.17) is 16.9 Å². The molecular weight excluding hydrogens is 263 g/mol. The van der Waals surface area contributed by atoms with Crippen LogP contribution in [0.3, 0.4) is 0 Å². The van der Waals surface area contributed by atoms with Crippen LogP contribution in [0.2, 0.25) is 5.02 Å². The minimum absolute atomic E-state index is 0.335. The molecule has 0 saturated heterocycles. The van der Waals surface area contributed by atoms with Crippen molar-refractivity contribution in [2.45, 2.75) is 18.3 Å².